The van der Waals surface area contributed by atoms with Crippen molar-refractivity contribution in [1.82, 2.24) is 4.98 Å². The molecule has 0 spiro atoms. The lowest BCUT2D eigenvalue weighted by Crippen LogP contribution is -2.19. The van der Waals surface area contributed by atoms with E-state index in [0.717, 1.165) is 16.6 Å². The zero-order chi connectivity index (χ0) is 18.0. The normalized spacial score (nSPS) is 10.4. The van der Waals surface area contributed by atoms with Crippen LogP contribution in [-0.4, -0.2) is 27.2 Å². The predicted molar refractivity (Wildman–Crippen MR) is 94.2 cm³/mol. The molecule has 0 atom stereocenters. The highest BCUT2D eigenvalue weighted by atomic mass is 16.4. The van der Waals surface area contributed by atoms with Crippen molar-refractivity contribution >= 4 is 34.3 Å². The number of anilines is 2. The molecule has 1 heterocycles. The molecule has 3 aromatic rings. The first-order valence-electron chi connectivity index (χ1n) is 7.45. The summed E-state index contributed by atoms with van der Waals surface area (Å²) in [6.45, 7) is 1.83. The van der Waals surface area contributed by atoms with Gasteiger partial charge in [0, 0.05) is 22.8 Å². The number of aromatic hydroxyl groups is 1. The second-order valence-electron chi connectivity index (χ2n) is 5.44. The molecule has 4 N–H and O–H groups in total. The number of amides is 2. The molecule has 25 heavy (non-hydrogen) atoms. The lowest BCUT2D eigenvalue weighted by Gasteiger charge is -2.11. The van der Waals surface area contributed by atoms with Crippen LogP contribution in [0.5, 0.6) is 5.75 Å². The van der Waals surface area contributed by atoms with Crippen LogP contribution in [0, 0.1) is 6.92 Å². The molecule has 0 aliphatic rings. The Labute approximate surface area is 142 Å². The van der Waals surface area contributed by atoms with E-state index in [1.54, 1.807) is 6.07 Å². The van der Waals surface area contributed by atoms with Gasteiger partial charge in [-0.3, -0.25) is 4.98 Å². The number of carboxylic acid groups (broad SMARTS) is 1. The van der Waals surface area contributed by atoms with E-state index >= 15 is 0 Å². The zero-order valence-corrected chi connectivity index (χ0v) is 13.3. The number of aryl methyl sites for hydroxylation is 1. The highest BCUT2D eigenvalue weighted by Crippen LogP contribution is 2.24. The number of carbonyl (C=O) groups excluding carboxylic acids is 1. The van der Waals surface area contributed by atoms with Crippen LogP contribution in [0.25, 0.3) is 10.9 Å². The highest BCUT2D eigenvalue weighted by Gasteiger charge is 2.12. The van der Waals surface area contributed by atoms with Crippen molar-refractivity contribution < 1.29 is 19.8 Å². The molecule has 0 saturated heterocycles. The van der Waals surface area contributed by atoms with Gasteiger partial charge in [-0.2, -0.15) is 0 Å². The summed E-state index contributed by atoms with van der Waals surface area (Å²) in [7, 11) is 0. The van der Waals surface area contributed by atoms with E-state index in [4.69, 9.17) is 5.11 Å². The fourth-order valence-electron chi connectivity index (χ4n) is 2.49. The smallest absolute Gasteiger partial charge is 0.339 e. The lowest BCUT2D eigenvalue weighted by molar-refractivity contribution is 0.0694. The number of nitrogens with zero attached hydrogens (tertiary/aromatic N) is 1. The van der Waals surface area contributed by atoms with Crippen LogP contribution in [0.1, 0.15) is 16.1 Å². The van der Waals surface area contributed by atoms with E-state index in [1.807, 2.05) is 31.2 Å². The van der Waals surface area contributed by atoms with Gasteiger partial charge in [-0.25, -0.2) is 9.59 Å². The van der Waals surface area contributed by atoms with Gasteiger partial charge in [0.25, 0.3) is 0 Å². The van der Waals surface area contributed by atoms with E-state index in [1.165, 1.54) is 18.2 Å². The quantitative estimate of drug-likeness (QED) is 0.583. The van der Waals surface area contributed by atoms with Crippen LogP contribution in [0.15, 0.2) is 48.5 Å². The van der Waals surface area contributed by atoms with E-state index in [2.05, 4.69) is 15.6 Å². The number of fused-ring (bicyclic) bond motifs is 1. The Morgan fingerprint density at radius 3 is 2.52 bits per heavy atom. The minimum atomic E-state index is -1.24. The average Bonchev–Trinajstić information content (AvgIpc) is 2.54. The van der Waals surface area contributed by atoms with Gasteiger partial charge in [0.2, 0.25) is 0 Å². The molecule has 126 valence electrons. The number of urea groups is 1. The molecule has 7 heteroatoms. The third-order valence-corrected chi connectivity index (χ3v) is 3.58. The number of para-hydroxylation sites is 1. The van der Waals surface area contributed by atoms with Crippen LogP contribution in [0.2, 0.25) is 0 Å². The van der Waals surface area contributed by atoms with Gasteiger partial charge < -0.3 is 20.8 Å². The Kier molecular flexibility index (Phi) is 4.21. The van der Waals surface area contributed by atoms with Gasteiger partial charge >= 0.3 is 12.0 Å². The molecule has 0 radical (unpaired) electrons. The molecule has 7 nitrogen and oxygen atoms in total. The van der Waals surface area contributed by atoms with Crippen molar-refractivity contribution in [2.24, 2.45) is 0 Å². The summed E-state index contributed by atoms with van der Waals surface area (Å²) in [6, 6.07) is 12.5. The number of carbonyl (C=O) groups is 2. The average molecular weight is 337 g/mol. The maximum atomic E-state index is 12.2. The van der Waals surface area contributed by atoms with Gasteiger partial charge in [-0.05, 0) is 31.2 Å². The van der Waals surface area contributed by atoms with Gasteiger partial charge in [-0.1, -0.05) is 18.2 Å². The second kappa shape index (κ2) is 6.48. The minimum absolute atomic E-state index is 0.235. The molecule has 0 aliphatic heterocycles. The standard InChI is InChI=1S/C18H15N3O4/c1-10-8-15(12-4-2-3-5-14(12)19-10)21-18(25)20-11-6-7-13(17(23)24)16(22)9-11/h2-9,22H,1H3,(H,23,24)(H2,19,20,21,25). The number of nitrogens with one attached hydrogen (secondary N) is 2. The van der Waals surface area contributed by atoms with E-state index in [9.17, 15) is 14.7 Å². The van der Waals surface area contributed by atoms with E-state index < -0.39 is 17.7 Å². The van der Waals surface area contributed by atoms with Gasteiger partial charge in [0.15, 0.2) is 0 Å². The number of benzene rings is 2. The van der Waals surface area contributed by atoms with Crippen LogP contribution in [0.4, 0.5) is 16.2 Å². The van der Waals surface area contributed by atoms with E-state index in [-0.39, 0.29) is 11.3 Å². The van der Waals surface area contributed by atoms with Crippen molar-refractivity contribution in [2.45, 2.75) is 6.92 Å². The van der Waals surface area contributed by atoms with Gasteiger partial charge in [-0.15, -0.1) is 0 Å². The number of pyridine rings is 1. The molecule has 2 amide bonds. The summed E-state index contributed by atoms with van der Waals surface area (Å²) in [5.41, 5.74) is 2.17. The molecule has 2 aromatic carbocycles. The maximum Gasteiger partial charge on any atom is 0.339 e. The first kappa shape index (κ1) is 16.3. The number of carboxylic acids is 1. The third kappa shape index (κ3) is 3.50. The van der Waals surface area contributed by atoms with Crippen molar-refractivity contribution in [3.05, 3.63) is 59.8 Å². The minimum Gasteiger partial charge on any atom is -0.507 e. The summed E-state index contributed by atoms with van der Waals surface area (Å²) in [4.78, 5) is 27.5. The largest absolute Gasteiger partial charge is 0.507 e. The molecule has 0 unspecified atom stereocenters. The van der Waals surface area contributed by atoms with Crippen LogP contribution >= 0.6 is 0 Å². The Hall–Kier alpha value is -3.61. The Bertz CT molecular complexity index is 985. The number of aromatic carboxylic acids is 1. The summed E-state index contributed by atoms with van der Waals surface area (Å²) >= 11 is 0. The molecule has 1 aromatic heterocycles. The second-order valence-corrected chi connectivity index (χ2v) is 5.44. The van der Waals surface area contributed by atoms with Crippen molar-refractivity contribution in [1.29, 1.82) is 0 Å². The number of aromatic nitrogens is 1. The highest BCUT2D eigenvalue weighted by molar-refractivity contribution is 6.05. The Morgan fingerprint density at radius 1 is 1.04 bits per heavy atom. The number of hydrogen-bond donors (Lipinski definition) is 4. The molecule has 0 fully saturated rings. The summed E-state index contributed by atoms with van der Waals surface area (Å²) in [5, 5.41) is 24.7. The predicted octanol–water partition coefficient (Wildman–Crippen LogP) is 3.59. The van der Waals surface area contributed by atoms with Crippen molar-refractivity contribution in [3.8, 4) is 5.75 Å². The molecular formula is C18H15N3O4. The fourth-order valence-corrected chi connectivity index (χ4v) is 2.49. The van der Waals surface area contributed by atoms with Gasteiger partial charge in [0.05, 0.1) is 11.2 Å². The SMILES string of the molecule is Cc1cc(NC(=O)Nc2ccc(C(=O)O)c(O)c2)c2ccccc2n1. The van der Waals surface area contributed by atoms with Crippen LogP contribution in [0.3, 0.4) is 0 Å². The maximum absolute atomic E-state index is 12.2. The molecular weight excluding hydrogens is 322 g/mol. The summed E-state index contributed by atoms with van der Waals surface area (Å²) < 4.78 is 0. The molecule has 0 saturated carbocycles. The molecule has 0 aliphatic carbocycles. The summed E-state index contributed by atoms with van der Waals surface area (Å²) in [6.07, 6.45) is 0. The monoisotopic (exact) mass is 337 g/mol. The van der Waals surface area contributed by atoms with Gasteiger partial charge in [0.1, 0.15) is 11.3 Å². The molecule has 3 rings (SSSR count). The Balaban J connectivity index is 1.82. The topological polar surface area (TPSA) is 112 Å². The first-order chi connectivity index (χ1) is 11.9. The zero-order valence-electron chi connectivity index (χ0n) is 13.3. The van der Waals surface area contributed by atoms with Crippen LogP contribution < -0.4 is 10.6 Å². The first-order valence-corrected chi connectivity index (χ1v) is 7.45. The molecule has 0 bridgehead atoms. The van der Waals surface area contributed by atoms with Crippen LogP contribution in [-0.2, 0) is 0 Å². The van der Waals surface area contributed by atoms with Crippen molar-refractivity contribution in [2.75, 3.05) is 10.6 Å². The third-order valence-electron chi connectivity index (χ3n) is 3.58. The number of phenols is 1. The number of hydrogen-bond acceptors (Lipinski definition) is 4. The fraction of sp³-hybridized carbons (Fsp3) is 0.0556. The van der Waals surface area contributed by atoms with E-state index in [0.29, 0.717) is 5.69 Å². The number of rotatable bonds is 3. The lowest BCUT2D eigenvalue weighted by atomic mass is 10.1. The Morgan fingerprint density at radius 2 is 1.80 bits per heavy atom. The summed E-state index contributed by atoms with van der Waals surface area (Å²) in [5.74, 6) is -1.66. The van der Waals surface area contributed by atoms with Crippen molar-refractivity contribution in [3.63, 3.8) is 0 Å².